The van der Waals surface area contributed by atoms with Gasteiger partial charge in [0.05, 0.1) is 11.8 Å². The molecule has 2 heterocycles. The number of thiophene rings is 1. The smallest absolute Gasteiger partial charge is 0.326 e. The van der Waals surface area contributed by atoms with Gasteiger partial charge >= 0.3 is 11.9 Å². The summed E-state index contributed by atoms with van der Waals surface area (Å²) in [6, 6.07) is 6.69. The highest BCUT2D eigenvalue weighted by molar-refractivity contribution is 7.19. The van der Waals surface area contributed by atoms with Gasteiger partial charge in [0.15, 0.2) is 0 Å². The molecule has 4 N–H and O–H groups in total. The van der Waals surface area contributed by atoms with E-state index in [0.29, 0.717) is 5.82 Å². The number of carbonyl (C=O) groups is 3. The molecule has 0 spiro atoms. The third kappa shape index (κ3) is 5.34. The number of carbonyl (C=O) groups excluding carboxylic acids is 1. The molecule has 1 aromatic carbocycles. The van der Waals surface area contributed by atoms with Crippen LogP contribution in [0.4, 0.5) is 5.82 Å². The maximum atomic E-state index is 12.1. The van der Waals surface area contributed by atoms with E-state index in [9.17, 15) is 14.4 Å². The normalized spacial score (nSPS) is 11.8. The molecule has 2 aromatic heterocycles. The molecule has 0 fully saturated rings. The summed E-state index contributed by atoms with van der Waals surface area (Å²) in [7, 11) is 0. The first-order chi connectivity index (χ1) is 14.8. The molecule has 0 saturated carbocycles. The van der Waals surface area contributed by atoms with Crippen LogP contribution in [-0.4, -0.2) is 50.6 Å². The van der Waals surface area contributed by atoms with Gasteiger partial charge in [-0.1, -0.05) is 29.8 Å². The zero-order chi connectivity index (χ0) is 22.5. The lowest BCUT2D eigenvalue weighted by Gasteiger charge is -2.13. The Morgan fingerprint density at radius 2 is 1.81 bits per heavy atom. The first kappa shape index (κ1) is 22.2. The van der Waals surface area contributed by atoms with Gasteiger partial charge in [-0.3, -0.25) is 9.59 Å². The number of fused-ring (bicyclic) bond motifs is 1. The van der Waals surface area contributed by atoms with Crippen molar-refractivity contribution < 1.29 is 24.6 Å². The Labute approximate surface area is 182 Å². The summed E-state index contributed by atoms with van der Waals surface area (Å²) in [5.41, 5.74) is 3.23. The van der Waals surface area contributed by atoms with Gasteiger partial charge in [-0.05, 0) is 19.4 Å². The van der Waals surface area contributed by atoms with E-state index >= 15 is 0 Å². The molecule has 10 heteroatoms. The van der Waals surface area contributed by atoms with Crippen LogP contribution in [0, 0.1) is 13.8 Å². The fraction of sp³-hybridized carbons (Fsp3) is 0.286. The molecule has 0 bridgehead atoms. The van der Waals surface area contributed by atoms with E-state index in [-0.39, 0.29) is 13.0 Å². The molecule has 162 valence electrons. The number of benzene rings is 1. The first-order valence-corrected chi connectivity index (χ1v) is 10.4. The average molecular weight is 442 g/mol. The van der Waals surface area contributed by atoms with E-state index in [2.05, 4.69) is 20.6 Å². The largest absolute Gasteiger partial charge is 0.481 e. The number of nitrogens with one attached hydrogen (secondary N) is 2. The number of aromatic nitrogens is 2. The molecule has 9 nitrogen and oxygen atoms in total. The second kappa shape index (κ2) is 9.52. The van der Waals surface area contributed by atoms with E-state index < -0.39 is 30.3 Å². The van der Waals surface area contributed by atoms with E-state index in [0.717, 1.165) is 31.8 Å². The van der Waals surface area contributed by atoms with Crippen molar-refractivity contribution in [2.45, 2.75) is 32.7 Å². The third-order valence-corrected chi connectivity index (χ3v) is 5.67. The average Bonchev–Trinajstić information content (AvgIpc) is 3.04. The molecule has 1 amide bonds. The van der Waals surface area contributed by atoms with Crippen LogP contribution in [0.25, 0.3) is 21.3 Å². The summed E-state index contributed by atoms with van der Waals surface area (Å²) in [6.07, 6.45) is 0.722. The summed E-state index contributed by atoms with van der Waals surface area (Å²) < 4.78 is 0. The number of nitrogens with zero attached hydrogens (tertiary/aromatic N) is 2. The number of carboxylic acid groups (broad SMARTS) is 2. The number of hydrogen-bond acceptors (Lipinski definition) is 7. The maximum Gasteiger partial charge on any atom is 0.326 e. The fourth-order valence-electron chi connectivity index (χ4n) is 3.18. The van der Waals surface area contributed by atoms with Crippen molar-refractivity contribution in [1.29, 1.82) is 0 Å². The monoisotopic (exact) mass is 442 g/mol. The molecular weight excluding hydrogens is 420 g/mol. The SMILES string of the molecule is Cc1ccc(-c2c(C)sc3ncnc(NCCC(=O)NC(CC(=O)O)C(=O)O)c23)cc1. The molecule has 0 aliphatic rings. The van der Waals surface area contributed by atoms with E-state index in [1.807, 2.05) is 38.1 Å². The number of aryl methyl sites for hydroxylation is 2. The molecule has 0 radical (unpaired) electrons. The second-order valence-electron chi connectivity index (χ2n) is 7.03. The molecular formula is C21H22N4O5S. The van der Waals surface area contributed by atoms with Crippen LogP contribution < -0.4 is 10.6 Å². The molecule has 1 unspecified atom stereocenters. The van der Waals surface area contributed by atoms with Crippen molar-refractivity contribution in [3.8, 4) is 11.1 Å². The molecule has 1 atom stereocenters. The molecule has 0 saturated heterocycles. The highest BCUT2D eigenvalue weighted by atomic mass is 32.1. The lowest BCUT2D eigenvalue weighted by molar-refractivity contribution is -0.147. The molecule has 0 aliphatic heterocycles. The topological polar surface area (TPSA) is 142 Å². The summed E-state index contributed by atoms with van der Waals surface area (Å²) in [5, 5.41) is 24.0. The minimum absolute atomic E-state index is 0.0438. The van der Waals surface area contributed by atoms with Gasteiger partial charge in [-0.2, -0.15) is 0 Å². The van der Waals surface area contributed by atoms with Gasteiger partial charge < -0.3 is 20.8 Å². The number of amides is 1. The van der Waals surface area contributed by atoms with Gasteiger partial charge in [0.1, 0.15) is 23.0 Å². The van der Waals surface area contributed by atoms with Gasteiger partial charge in [0.2, 0.25) is 5.91 Å². The van der Waals surface area contributed by atoms with Crippen LogP contribution in [0.1, 0.15) is 23.3 Å². The van der Waals surface area contributed by atoms with Crippen LogP contribution in [-0.2, 0) is 14.4 Å². The highest BCUT2D eigenvalue weighted by Gasteiger charge is 2.23. The van der Waals surface area contributed by atoms with E-state index in [4.69, 9.17) is 10.2 Å². The van der Waals surface area contributed by atoms with E-state index in [1.54, 1.807) is 11.3 Å². The van der Waals surface area contributed by atoms with Crippen molar-refractivity contribution in [2.75, 3.05) is 11.9 Å². The Morgan fingerprint density at radius 3 is 2.45 bits per heavy atom. The summed E-state index contributed by atoms with van der Waals surface area (Å²) >= 11 is 1.56. The maximum absolute atomic E-state index is 12.1. The molecule has 3 aromatic rings. The van der Waals surface area contributed by atoms with Gasteiger partial charge in [-0.15, -0.1) is 11.3 Å². The Morgan fingerprint density at radius 1 is 1.10 bits per heavy atom. The minimum Gasteiger partial charge on any atom is -0.481 e. The summed E-state index contributed by atoms with van der Waals surface area (Å²) in [6.45, 7) is 4.24. The Bertz CT molecular complexity index is 1130. The number of rotatable bonds is 9. The third-order valence-electron chi connectivity index (χ3n) is 4.66. The highest BCUT2D eigenvalue weighted by Crippen LogP contribution is 2.40. The number of anilines is 1. The predicted molar refractivity (Wildman–Crippen MR) is 117 cm³/mol. The predicted octanol–water partition coefficient (Wildman–Crippen LogP) is 2.82. The standard InChI is InChI=1S/C21H22N4O5S/c1-11-3-5-13(6-4-11)17-12(2)31-20-18(17)19(23-10-24-20)22-8-7-15(26)25-14(21(29)30)9-16(27)28/h3-6,10,14H,7-9H2,1-2H3,(H,25,26)(H,27,28)(H,29,30)(H,22,23,24). The van der Waals surface area contributed by atoms with Crippen molar-refractivity contribution in [2.24, 2.45) is 0 Å². The Balaban J connectivity index is 1.75. The summed E-state index contributed by atoms with van der Waals surface area (Å²) in [4.78, 5) is 44.5. The Kier molecular flexibility index (Phi) is 6.81. The molecule has 31 heavy (non-hydrogen) atoms. The number of aliphatic carboxylic acids is 2. The fourth-order valence-corrected chi connectivity index (χ4v) is 4.19. The van der Waals surface area contributed by atoms with Crippen molar-refractivity contribution in [1.82, 2.24) is 15.3 Å². The lowest BCUT2D eigenvalue weighted by Crippen LogP contribution is -2.42. The number of carboxylic acids is 2. The van der Waals surface area contributed by atoms with Gasteiger partial charge in [0.25, 0.3) is 0 Å². The summed E-state index contributed by atoms with van der Waals surface area (Å²) in [5.74, 6) is -2.67. The minimum atomic E-state index is -1.47. The quantitative estimate of drug-likeness (QED) is 0.396. The number of hydrogen-bond donors (Lipinski definition) is 4. The van der Waals surface area contributed by atoms with Crippen molar-refractivity contribution in [3.05, 3.63) is 41.0 Å². The van der Waals surface area contributed by atoms with Crippen molar-refractivity contribution in [3.63, 3.8) is 0 Å². The molecule has 3 rings (SSSR count). The van der Waals surface area contributed by atoms with Gasteiger partial charge in [0, 0.05) is 23.4 Å². The lowest BCUT2D eigenvalue weighted by atomic mass is 10.0. The van der Waals surface area contributed by atoms with Crippen LogP contribution in [0.3, 0.4) is 0 Å². The van der Waals surface area contributed by atoms with Crippen LogP contribution >= 0.6 is 11.3 Å². The van der Waals surface area contributed by atoms with E-state index in [1.165, 1.54) is 6.33 Å². The zero-order valence-electron chi connectivity index (χ0n) is 17.0. The first-order valence-electron chi connectivity index (χ1n) is 9.55. The zero-order valence-corrected chi connectivity index (χ0v) is 17.8. The van der Waals surface area contributed by atoms with Crippen molar-refractivity contribution >= 4 is 45.2 Å². The van der Waals surface area contributed by atoms with Crippen LogP contribution in [0.15, 0.2) is 30.6 Å². The van der Waals surface area contributed by atoms with Crippen LogP contribution in [0.2, 0.25) is 0 Å². The second-order valence-corrected chi connectivity index (χ2v) is 8.24. The Hall–Kier alpha value is -3.53. The van der Waals surface area contributed by atoms with Gasteiger partial charge in [-0.25, -0.2) is 14.8 Å². The van der Waals surface area contributed by atoms with Crippen LogP contribution in [0.5, 0.6) is 0 Å². The molecule has 0 aliphatic carbocycles.